The quantitative estimate of drug-likeness (QED) is 0.362. The van der Waals surface area contributed by atoms with Crippen LogP contribution in [0.3, 0.4) is 0 Å². The number of esters is 1. The van der Waals surface area contributed by atoms with E-state index < -0.39 is 5.97 Å². The van der Waals surface area contributed by atoms with Gasteiger partial charge in [0.2, 0.25) is 0 Å². The first-order valence-electron chi connectivity index (χ1n) is 10.3. The number of nitrogens with zero attached hydrogens (tertiary/aromatic N) is 3. The minimum Gasteiger partial charge on any atom is -0.465 e. The number of anilines is 2. The lowest BCUT2D eigenvalue weighted by Gasteiger charge is -2.09. The Morgan fingerprint density at radius 3 is 2.30 bits per heavy atom. The summed E-state index contributed by atoms with van der Waals surface area (Å²) < 4.78 is 6.51. The Morgan fingerprint density at radius 2 is 1.64 bits per heavy atom. The number of hydrogen-bond acceptors (Lipinski definition) is 5. The molecule has 2 heterocycles. The molecule has 0 saturated carbocycles. The van der Waals surface area contributed by atoms with Crippen LogP contribution in [0.4, 0.5) is 11.5 Å². The van der Waals surface area contributed by atoms with Crippen LogP contribution in [-0.4, -0.2) is 27.7 Å². The highest BCUT2D eigenvalue weighted by atomic mass is 16.5. The van der Waals surface area contributed by atoms with E-state index in [-0.39, 0.29) is 0 Å². The van der Waals surface area contributed by atoms with Gasteiger partial charge in [-0.3, -0.25) is 5.10 Å². The summed E-state index contributed by atoms with van der Waals surface area (Å²) in [5.41, 5.74) is 6.06. The molecule has 0 fully saturated rings. The van der Waals surface area contributed by atoms with E-state index >= 15 is 0 Å². The molecule has 0 radical (unpaired) electrons. The highest BCUT2D eigenvalue weighted by molar-refractivity contribution is 5.90. The Morgan fingerprint density at radius 1 is 0.970 bits per heavy atom. The molecule has 3 aromatic carbocycles. The molecule has 2 aromatic heterocycles. The zero-order valence-corrected chi connectivity index (χ0v) is 17.7. The predicted molar refractivity (Wildman–Crippen MR) is 126 cm³/mol. The van der Waals surface area contributed by atoms with Crippen molar-refractivity contribution in [2.75, 3.05) is 12.4 Å². The van der Waals surface area contributed by atoms with Crippen LogP contribution >= 0.6 is 0 Å². The molecule has 0 aliphatic heterocycles. The lowest BCUT2D eigenvalue weighted by molar-refractivity contribution is 0.0601. The third-order valence-corrected chi connectivity index (χ3v) is 5.41. The van der Waals surface area contributed by atoms with Gasteiger partial charge >= 0.3 is 5.97 Å². The summed E-state index contributed by atoms with van der Waals surface area (Å²) in [6.07, 6.45) is 1.62. The first-order valence-corrected chi connectivity index (χ1v) is 10.3. The Labute approximate surface area is 189 Å². The molecule has 0 amide bonds. The molecule has 0 unspecified atom stereocenters. The summed E-state index contributed by atoms with van der Waals surface area (Å²) in [4.78, 5) is 16.5. The number of carbonyl (C=O) groups is 1. The molecule has 33 heavy (non-hydrogen) atoms. The van der Waals surface area contributed by atoms with Gasteiger partial charge in [-0.05, 0) is 35.4 Å². The average molecular weight is 433 g/mol. The molecule has 0 atom stereocenters. The number of ether oxygens (including phenoxy) is 1. The maximum atomic E-state index is 11.7. The summed E-state index contributed by atoms with van der Waals surface area (Å²) in [5, 5.41) is 15.9. The van der Waals surface area contributed by atoms with Gasteiger partial charge in [0.1, 0.15) is 17.3 Å². The van der Waals surface area contributed by atoms with Gasteiger partial charge in [0.05, 0.1) is 12.7 Å². The molecule has 0 aliphatic rings. The van der Waals surface area contributed by atoms with Crippen LogP contribution in [0, 0.1) is 11.3 Å². The molecule has 0 aliphatic carbocycles. The Kier molecular flexibility index (Phi) is 5.09. The first kappa shape index (κ1) is 20.1. The van der Waals surface area contributed by atoms with Crippen LogP contribution in [0.5, 0.6) is 0 Å². The first-order chi connectivity index (χ1) is 16.2. The number of hydrogen-bond donors (Lipinski definition) is 2. The molecular formula is C26H19N5O2. The van der Waals surface area contributed by atoms with E-state index in [0.29, 0.717) is 28.3 Å². The number of imidazole rings is 1. The molecule has 0 bridgehead atoms. The fourth-order valence-corrected chi connectivity index (χ4v) is 3.71. The number of nitrogens with one attached hydrogen (secondary N) is 2. The molecule has 0 spiro atoms. The fraction of sp³-hybridized carbons (Fsp3) is 0.0385. The Hall–Kier alpha value is -4.83. The lowest BCUT2D eigenvalue weighted by Crippen LogP contribution is -2.02. The fourth-order valence-electron chi connectivity index (χ4n) is 3.71. The maximum absolute atomic E-state index is 11.7. The van der Waals surface area contributed by atoms with Crippen LogP contribution in [0.2, 0.25) is 0 Å². The minimum atomic E-state index is -0.393. The molecule has 160 valence electrons. The number of rotatable bonds is 5. The number of H-pyrrole nitrogens is 1. The van der Waals surface area contributed by atoms with Gasteiger partial charge in [-0.25, -0.2) is 14.3 Å². The van der Waals surface area contributed by atoms with Gasteiger partial charge in [-0.2, -0.15) is 5.26 Å². The third kappa shape index (κ3) is 3.70. The zero-order chi connectivity index (χ0) is 22.8. The second-order valence-corrected chi connectivity index (χ2v) is 7.40. The van der Waals surface area contributed by atoms with Crippen molar-refractivity contribution in [1.29, 1.82) is 5.26 Å². The molecular weight excluding hydrogens is 414 g/mol. The van der Waals surface area contributed by atoms with E-state index in [4.69, 9.17) is 9.72 Å². The number of aromatic nitrogens is 3. The number of aromatic amines is 1. The third-order valence-electron chi connectivity index (χ3n) is 5.41. The molecule has 2 N–H and O–H groups in total. The zero-order valence-electron chi connectivity index (χ0n) is 17.7. The Bertz CT molecular complexity index is 1470. The number of fused-ring (bicyclic) bond motifs is 1. The van der Waals surface area contributed by atoms with Gasteiger partial charge in [0, 0.05) is 17.4 Å². The van der Waals surface area contributed by atoms with E-state index in [1.54, 1.807) is 35.0 Å². The van der Waals surface area contributed by atoms with Crippen molar-refractivity contribution >= 4 is 23.1 Å². The van der Waals surface area contributed by atoms with Crippen molar-refractivity contribution in [3.8, 4) is 28.5 Å². The summed E-state index contributed by atoms with van der Waals surface area (Å²) in [7, 11) is 1.35. The van der Waals surface area contributed by atoms with Crippen molar-refractivity contribution in [3.63, 3.8) is 0 Å². The number of methoxy groups -OCH3 is 1. The van der Waals surface area contributed by atoms with Gasteiger partial charge in [-0.1, -0.05) is 54.6 Å². The highest BCUT2D eigenvalue weighted by Gasteiger charge is 2.18. The van der Waals surface area contributed by atoms with E-state index in [2.05, 4.69) is 40.8 Å². The minimum absolute atomic E-state index is 0.393. The normalized spacial score (nSPS) is 10.7. The van der Waals surface area contributed by atoms with Gasteiger partial charge in [0.15, 0.2) is 11.5 Å². The van der Waals surface area contributed by atoms with Gasteiger partial charge in [-0.15, -0.1) is 0 Å². The second kappa shape index (κ2) is 8.36. The van der Waals surface area contributed by atoms with Crippen molar-refractivity contribution < 1.29 is 9.53 Å². The van der Waals surface area contributed by atoms with Crippen LogP contribution in [0.15, 0.2) is 85.1 Å². The van der Waals surface area contributed by atoms with E-state index in [9.17, 15) is 10.1 Å². The van der Waals surface area contributed by atoms with E-state index in [1.165, 1.54) is 7.11 Å². The molecule has 7 heteroatoms. The average Bonchev–Trinajstić information content (AvgIpc) is 3.44. The molecule has 5 rings (SSSR count). The Balaban J connectivity index is 1.55. The molecule has 5 aromatic rings. The SMILES string of the molecule is COC(=O)c1ccc(Nc2c(-c3ccc(-c4ccccc4)cc3)nc3c(C#N)c[nH]n23)cc1. The van der Waals surface area contributed by atoms with Crippen molar-refractivity contribution in [2.45, 2.75) is 0 Å². The van der Waals surface area contributed by atoms with Crippen molar-refractivity contribution in [3.05, 3.63) is 96.2 Å². The molecule has 0 saturated heterocycles. The predicted octanol–water partition coefficient (Wildman–Crippen LogP) is 5.40. The van der Waals surface area contributed by atoms with Crippen molar-refractivity contribution in [1.82, 2.24) is 14.6 Å². The topological polar surface area (TPSA) is 95.2 Å². The summed E-state index contributed by atoms with van der Waals surface area (Å²) in [6, 6.07) is 27.4. The van der Waals surface area contributed by atoms with Crippen LogP contribution in [0.25, 0.3) is 28.0 Å². The van der Waals surface area contributed by atoms with E-state index in [0.717, 1.165) is 22.4 Å². The van der Waals surface area contributed by atoms with Gasteiger partial charge < -0.3 is 10.1 Å². The maximum Gasteiger partial charge on any atom is 0.337 e. The van der Waals surface area contributed by atoms with Crippen LogP contribution < -0.4 is 5.32 Å². The van der Waals surface area contributed by atoms with Crippen molar-refractivity contribution in [2.24, 2.45) is 0 Å². The summed E-state index contributed by atoms with van der Waals surface area (Å²) in [6.45, 7) is 0. The number of benzene rings is 3. The number of nitriles is 1. The van der Waals surface area contributed by atoms with Crippen LogP contribution in [-0.2, 0) is 4.74 Å². The monoisotopic (exact) mass is 433 g/mol. The van der Waals surface area contributed by atoms with E-state index in [1.807, 2.05) is 30.3 Å². The standard InChI is InChI=1S/C26H19N5O2/c1-33-26(32)20-11-13-22(14-12-20)29-25-23(30-24-21(15-27)16-28-31(24)25)19-9-7-18(8-10-19)17-5-3-2-4-6-17/h2-14,16,28-29H,1H3. The summed E-state index contributed by atoms with van der Waals surface area (Å²) in [5.74, 6) is 0.292. The second-order valence-electron chi connectivity index (χ2n) is 7.40. The lowest BCUT2D eigenvalue weighted by atomic mass is 10.0. The molecule has 7 nitrogen and oxygen atoms in total. The largest absolute Gasteiger partial charge is 0.465 e. The smallest absolute Gasteiger partial charge is 0.337 e. The number of carbonyl (C=O) groups excluding carboxylic acids is 1. The summed E-state index contributed by atoms with van der Waals surface area (Å²) >= 11 is 0. The van der Waals surface area contributed by atoms with Crippen LogP contribution in [0.1, 0.15) is 15.9 Å². The van der Waals surface area contributed by atoms with Gasteiger partial charge in [0.25, 0.3) is 0 Å². The highest BCUT2D eigenvalue weighted by Crippen LogP contribution is 2.33.